The fourth-order valence-electron chi connectivity index (χ4n) is 3.69. The molecule has 1 amide bonds. The molecular weight excluding hydrogens is 373 g/mol. The lowest BCUT2D eigenvalue weighted by atomic mass is 10.1. The standard InChI is InChI=1S/C18H19F3N6O/c1-10-6-15(18(19,20)21)27-16(22-10)7-14(24-27)12-4-5-26(8-12)17(28)13-9-25(3)23-11(13)2/h6-7,9,12H,4-5,8H2,1-3H3/t12-/m1/s1. The van der Waals surface area contributed by atoms with Gasteiger partial charge >= 0.3 is 6.18 Å². The van der Waals surface area contributed by atoms with Crippen molar-refractivity contribution in [2.75, 3.05) is 13.1 Å². The third-order valence-electron chi connectivity index (χ3n) is 5.00. The fourth-order valence-corrected chi connectivity index (χ4v) is 3.69. The van der Waals surface area contributed by atoms with E-state index in [1.165, 1.54) is 6.92 Å². The number of hydrogen-bond acceptors (Lipinski definition) is 4. The summed E-state index contributed by atoms with van der Waals surface area (Å²) in [7, 11) is 1.75. The van der Waals surface area contributed by atoms with Crippen LogP contribution in [0.25, 0.3) is 5.65 Å². The van der Waals surface area contributed by atoms with Gasteiger partial charge in [0.2, 0.25) is 0 Å². The minimum Gasteiger partial charge on any atom is -0.338 e. The second-order valence-corrected chi connectivity index (χ2v) is 7.16. The van der Waals surface area contributed by atoms with E-state index in [0.717, 1.165) is 10.6 Å². The molecule has 0 spiro atoms. The molecule has 4 heterocycles. The molecule has 0 saturated carbocycles. The second-order valence-electron chi connectivity index (χ2n) is 7.16. The minimum absolute atomic E-state index is 0.123. The molecule has 1 aliphatic heterocycles. The van der Waals surface area contributed by atoms with Crippen LogP contribution >= 0.6 is 0 Å². The Bertz CT molecular complexity index is 1070. The summed E-state index contributed by atoms with van der Waals surface area (Å²) in [5.74, 6) is -0.258. The average Bonchev–Trinajstić information content (AvgIpc) is 3.30. The van der Waals surface area contributed by atoms with Crippen molar-refractivity contribution in [3.63, 3.8) is 0 Å². The van der Waals surface area contributed by atoms with Gasteiger partial charge in [-0.3, -0.25) is 9.48 Å². The summed E-state index contributed by atoms with van der Waals surface area (Å²) < 4.78 is 42.4. The second kappa shape index (κ2) is 6.32. The monoisotopic (exact) mass is 392 g/mol. The van der Waals surface area contributed by atoms with Gasteiger partial charge in [0.15, 0.2) is 5.65 Å². The van der Waals surface area contributed by atoms with E-state index in [9.17, 15) is 18.0 Å². The van der Waals surface area contributed by atoms with Crippen LogP contribution in [-0.4, -0.2) is 48.3 Å². The van der Waals surface area contributed by atoms with Crippen molar-refractivity contribution in [3.05, 3.63) is 46.7 Å². The molecule has 0 aliphatic carbocycles. The van der Waals surface area contributed by atoms with Crippen LogP contribution in [-0.2, 0) is 13.2 Å². The predicted molar refractivity (Wildman–Crippen MR) is 93.9 cm³/mol. The molecule has 0 unspecified atom stereocenters. The molecule has 4 rings (SSSR count). The number of amides is 1. The Morgan fingerprint density at radius 2 is 1.96 bits per heavy atom. The van der Waals surface area contributed by atoms with Gasteiger partial charge in [-0.2, -0.15) is 23.4 Å². The van der Waals surface area contributed by atoms with Crippen LogP contribution < -0.4 is 0 Å². The highest BCUT2D eigenvalue weighted by molar-refractivity contribution is 5.95. The summed E-state index contributed by atoms with van der Waals surface area (Å²) >= 11 is 0. The molecule has 3 aromatic heterocycles. The molecule has 28 heavy (non-hydrogen) atoms. The van der Waals surface area contributed by atoms with Crippen molar-refractivity contribution in [3.8, 4) is 0 Å². The van der Waals surface area contributed by atoms with Crippen molar-refractivity contribution >= 4 is 11.6 Å². The van der Waals surface area contributed by atoms with Gasteiger partial charge in [-0.25, -0.2) is 9.50 Å². The Labute approximate surface area is 158 Å². The maximum atomic E-state index is 13.3. The number of carbonyl (C=O) groups is 1. The first-order chi connectivity index (χ1) is 13.1. The van der Waals surface area contributed by atoms with E-state index in [1.54, 1.807) is 35.8 Å². The Morgan fingerprint density at radius 3 is 2.61 bits per heavy atom. The van der Waals surface area contributed by atoms with E-state index in [-0.39, 0.29) is 23.2 Å². The van der Waals surface area contributed by atoms with E-state index in [0.29, 0.717) is 36.5 Å². The molecule has 1 saturated heterocycles. The number of fused-ring (bicyclic) bond motifs is 1. The normalized spacial score (nSPS) is 17.6. The van der Waals surface area contributed by atoms with Crippen LogP contribution in [0.3, 0.4) is 0 Å². The lowest BCUT2D eigenvalue weighted by molar-refractivity contribution is -0.142. The van der Waals surface area contributed by atoms with Crippen LogP contribution in [0.15, 0.2) is 18.3 Å². The number of nitrogens with zero attached hydrogens (tertiary/aromatic N) is 6. The predicted octanol–water partition coefficient (Wildman–Crippen LogP) is 2.73. The third-order valence-corrected chi connectivity index (χ3v) is 5.00. The quantitative estimate of drug-likeness (QED) is 0.673. The summed E-state index contributed by atoms with van der Waals surface area (Å²) in [6.45, 7) is 4.21. The molecule has 3 aromatic rings. The maximum absolute atomic E-state index is 13.3. The molecule has 0 aromatic carbocycles. The van der Waals surface area contributed by atoms with Crippen LogP contribution in [0, 0.1) is 13.8 Å². The van der Waals surface area contributed by atoms with Gasteiger partial charge in [0.1, 0.15) is 5.69 Å². The van der Waals surface area contributed by atoms with Crippen molar-refractivity contribution in [2.24, 2.45) is 7.05 Å². The lowest BCUT2D eigenvalue weighted by Gasteiger charge is -2.15. The number of aromatic nitrogens is 5. The highest BCUT2D eigenvalue weighted by atomic mass is 19.4. The summed E-state index contributed by atoms with van der Waals surface area (Å²) in [6.07, 6.45) is -2.21. The zero-order valence-electron chi connectivity index (χ0n) is 15.7. The molecule has 7 nitrogen and oxygen atoms in total. The van der Waals surface area contributed by atoms with Gasteiger partial charge in [-0.15, -0.1) is 0 Å². The number of rotatable bonds is 2. The first kappa shape index (κ1) is 18.5. The third kappa shape index (κ3) is 3.12. The van der Waals surface area contributed by atoms with Crippen molar-refractivity contribution in [1.29, 1.82) is 0 Å². The molecule has 1 aliphatic rings. The van der Waals surface area contributed by atoms with Crippen molar-refractivity contribution < 1.29 is 18.0 Å². The van der Waals surface area contributed by atoms with E-state index in [2.05, 4.69) is 15.2 Å². The van der Waals surface area contributed by atoms with E-state index >= 15 is 0 Å². The SMILES string of the molecule is Cc1cc(C(F)(F)F)n2nc([C@@H]3CCN(C(=O)c4cn(C)nc4C)C3)cc2n1. The molecule has 0 N–H and O–H groups in total. The fraction of sp³-hybridized carbons (Fsp3) is 0.444. The first-order valence-corrected chi connectivity index (χ1v) is 8.87. The summed E-state index contributed by atoms with van der Waals surface area (Å²) in [6, 6.07) is 2.57. The number of hydrogen-bond donors (Lipinski definition) is 0. The van der Waals surface area contributed by atoms with Crippen LogP contribution in [0.4, 0.5) is 13.2 Å². The lowest BCUT2D eigenvalue weighted by Crippen LogP contribution is -2.28. The molecule has 1 atom stereocenters. The number of alkyl halides is 3. The highest BCUT2D eigenvalue weighted by Gasteiger charge is 2.36. The first-order valence-electron chi connectivity index (χ1n) is 8.87. The summed E-state index contributed by atoms with van der Waals surface area (Å²) in [5, 5.41) is 8.36. The maximum Gasteiger partial charge on any atom is 0.433 e. The number of carbonyl (C=O) groups excluding carboxylic acids is 1. The Hall–Kier alpha value is -2.91. The van der Waals surface area contributed by atoms with Crippen LogP contribution in [0.5, 0.6) is 0 Å². The smallest absolute Gasteiger partial charge is 0.338 e. The van der Waals surface area contributed by atoms with Gasteiger partial charge in [0.25, 0.3) is 5.91 Å². The topological polar surface area (TPSA) is 68.3 Å². The zero-order chi connectivity index (χ0) is 20.2. The summed E-state index contributed by atoms with van der Waals surface area (Å²) in [4.78, 5) is 18.6. The number of halogens is 3. The summed E-state index contributed by atoms with van der Waals surface area (Å²) in [5.41, 5.74) is 1.30. The molecule has 0 bridgehead atoms. The van der Waals surface area contributed by atoms with Crippen molar-refractivity contribution in [1.82, 2.24) is 29.3 Å². The largest absolute Gasteiger partial charge is 0.433 e. The van der Waals surface area contributed by atoms with Gasteiger partial charge in [0.05, 0.1) is 17.0 Å². The molecule has 1 fully saturated rings. The van der Waals surface area contributed by atoms with Crippen LogP contribution in [0.1, 0.15) is 45.5 Å². The molecule has 148 valence electrons. The van der Waals surface area contributed by atoms with E-state index < -0.39 is 11.9 Å². The number of likely N-dealkylation sites (tertiary alicyclic amines) is 1. The Kier molecular flexibility index (Phi) is 4.16. The van der Waals surface area contributed by atoms with Gasteiger partial charge in [-0.1, -0.05) is 0 Å². The Morgan fingerprint density at radius 1 is 1.21 bits per heavy atom. The van der Waals surface area contributed by atoms with Gasteiger partial charge in [0, 0.05) is 44.0 Å². The van der Waals surface area contributed by atoms with Gasteiger partial charge < -0.3 is 4.90 Å². The van der Waals surface area contributed by atoms with Crippen LogP contribution in [0.2, 0.25) is 0 Å². The number of aryl methyl sites for hydroxylation is 3. The Balaban J connectivity index is 1.61. The zero-order valence-corrected chi connectivity index (χ0v) is 15.7. The average molecular weight is 392 g/mol. The molecular formula is C18H19F3N6O. The van der Waals surface area contributed by atoms with E-state index in [1.807, 2.05) is 0 Å². The van der Waals surface area contributed by atoms with E-state index in [4.69, 9.17) is 0 Å². The highest BCUT2D eigenvalue weighted by Crippen LogP contribution is 2.32. The molecule has 10 heteroatoms. The van der Waals surface area contributed by atoms with Crippen molar-refractivity contribution in [2.45, 2.75) is 32.4 Å². The van der Waals surface area contributed by atoms with Gasteiger partial charge in [-0.05, 0) is 26.3 Å². The minimum atomic E-state index is -4.52. The molecule has 0 radical (unpaired) electrons.